The highest BCUT2D eigenvalue weighted by molar-refractivity contribution is 5.56. The molecule has 60 valence electrons. The van der Waals surface area contributed by atoms with E-state index in [1.807, 2.05) is 10.7 Å². The van der Waals surface area contributed by atoms with Gasteiger partial charge in [0.25, 0.3) is 0 Å². The standard InChI is InChI=1S/C9H9N3/c1-2-7-8(3-1)10-6-12-9(7)4-5-11-12/h4-6H,1-3H2. The Morgan fingerprint density at radius 2 is 2.33 bits per heavy atom. The second-order valence-corrected chi connectivity index (χ2v) is 3.18. The Labute approximate surface area is 70.0 Å². The molecule has 2 heterocycles. The van der Waals surface area contributed by atoms with E-state index in [1.165, 1.54) is 29.6 Å². The van der Waals surface area contributed by atoms with Gasteiger partial charge in [0.15, 0.2) is 0 Å². The van der Waals surface area contributed by atoms with E-state index < -0.39 is 0 Å². The molecular formula is C9H9N3. The lowest BCUT2D eigenvalue weighted by molar-refractivity contribution is 0.886. The molecule has 0 N–H and O–H groups in total. The minimum Gasteiger partial charge on any atom is -0.241 e. The second kappa shape index (κ2) is 2.06. The lowest BCUT2D eigenvalue weighted by atomic mass is 10.2. The van der Waals surface area contributed by atoms with E-state index in [4.69, 9.17) is 0 Å². The van der Waals surface area contributed by atoms with E-state index in [1.54, 1.807) is 6.33 Å². The SMILES string of the molecule is c1cc2c3c(ncn2n1)CCC3. The van der Waals surface area contributed by atoms with Crippen molar-refractivity contribution in [3.63, 3.8) is 0 Å². The summed E-state index contributed by atoms with van der Waals surface area (Å²) in [5.74, 6) is 0. The molecule has 3 heteroatoms. The van der Waals surface area contributed by atoms with Gasteiger partial charge in [-0.3, -0.25) is 0 Å². The van der Waals surface area contributed by atoms with E-state index in [9.17, 15) is 0 Å². The van der Waals surface area contributed by atoms with Crippen LogP contribution in [-0.2, 0) is 12.8 Å². The third kappa shape index (κ3) is 0.656. The molecule has 0 unspecified atom stereocenters. The number of rotatable bonds is 0. The van der Waals surface area contributed by atoms with Crippen molar-refractivity contribution >= 4 is 5.52 Å². The molecule has 0 fully saturated rings. The van der Waals surface area contributed by atoms with Crippen molar-refractivity contribution in [1.82, 2.24) is 14.6 Å². The molecule has 3 rings (SSSR count). The molecule has 0 radical (unpaired) electrons. The summed E-state index contributed by atoms with van der Waals surface area (Å²) in [5, 5.41) is 4.15. The highest BCUT2D eigenvalue weighted by Crippen LogP contribution is 2.23. The molecule has 0 aromatic carbocycles. The van der Waals surface area contributed by atoms with E-state index >= 15 is 0 Å². The third-order valence-electron chi connectivity index (χ3n) is 2.49. The molecule has 0 saturated carbocycles. The van der Waals surface area contributed by atoms with Crippen LogP contribution < -0.4 is 0 Å². The lowest BCUT2D eigenvalue weighted by Gasteiger charge is -1.99. The number of hydrogen-bond acceptors (Lipinski definition) is 2. The minimum absolute atomic E-state index is 1.14. The first-order chi connectivity index (χ1) is 5.95. The zero-order valence-corrected chi connectivity index (χ0v) is 6.70. The summed E-state index contributed by atoms with van der Waals surface area (Å²) in [6, 6.07) is 2.06. The molecule has 1 aliphatic carbocycles. The van der Waals surface area contributed by atoms with Crippen LogP contribution >= 0.6 is 0 Å². The Hall–Kier alpha value is -1.38. The van der Waals surface area contributed by atoms with Crippen molar-refractivity contribution < 1.29 is 0 Å². The molecule has 0 spiro atoms. The van der Waals surface area contributed by atoms with E-state index in [-0.39, 0.29) is 0 Å². The van der Waals surface area contributed by atoms with Crippen molar-refractivity contribution in [2.24, 2.45) is 0 Å². The fourth-order valence-electron chi connectivity index (χ4n) is 1.92. The van der Waals surface area contributed by atoms with E-state index in [0.29, 0.717) is 0 Å². The largest absolute Gasteiger partial charge is 0.241 e. The Balaban J connectivity index is 2.46. The molecule has 12 heavy (non-hydrogen) atoms. The van der Waals surface area contributed by atoms with Crippen LogP contribution in [0.4, 0.5) is 0 Å². The topological polar surface area (TPSA) is 30.2 Å². The first-order valence-electron chi connectivity index (χ1n) is 4.25. The Bertz CT molecular complexity index is 430. The fraction of sp³-hybridized carbons (Fsp3) is 0.333. The van der Waals surface area contributed by atoms with Crippen molar-refractivity contribution in [2.75, 3.05) is 0 Å². The van der Waals surface area contributed by atoms with E-state index in [2.05, 4.69) is 16.1 Å². The number of hydrogen-bond donors (Lipinski definition) is 0. The normalized spacial score (nSPS) is 15.3. The van der Waals surface area contributed by atoms with Gasteiger partial charge in [0, 0.05) is 5.69 Å². The van der Waals surface area contributed by atoms with Crippen molar-refractivity contribution in [3.05, 3.63) is 29.8 Å². The molecule has 0 atom stereocenters. The van der Waals surface area contributed by atoms with Crippen molar-refractivity contribution in [1.29, 1.82) is 0 Å². The zero-order valence-electron chi connectivity index (χ0n) is 6.70. The summed E-state index contributed by atoms with van der Waals surface area (Å²) >= 11 is 0. The van der Waals surface area contributed by atoms with E-state index in [0.717, 1.165) is 6.42 Å². The molecule has 0 amide bonds. The highest BCUT2D eigenvalue weighted by Gasteiger charge is 2.15. The van der Waals surface area contributed by atoms with Crippen LogP contribution in [0.5, 0.6) is 0 Å². The molecule has 2 aromatic rings. The maximum Gasteiger partial charge on any atom is 0.117 e. The lowest BCUT2D eigenvalue weighted by Crippen LogP contribution is -1.95. The monoisotopic (exact) mass is 159 g/mol. The van der Waals surface area contributed by atoms with Crippen LogP contribution in [-0.4, -0.2) is 14.6 Å². The van der Waals surface area contributed by atoms with Gasteiger partial charge in [-0.25, -0.2) is 9.50 Å². The Kier molecular flexibility index (Phi) is 1.06. The highest BCUT2D eigenvalue weighted by atomic mass is 15.2. The van der Waals surface area contributed by atoms with Crippen molar-refractivity contribution in [2.45, 2.75) is 19.3 Å². The Morgan fingerprint density at radius 3 is 3.33 bits per heavy atom. The quantitative estimate of drug-likeness (QED) is 0.578. The van der Waals surface area contributed by atoms with Crippen LogP contribution in [0.25, 0.3) is 5.52 Å². The molecular weight excluding hydrogens is 150 g/mol. The predicted octanol–water partition coefficient (Wildman–Crippen LogP) is 1.22. The summed E-state index contributed by atoms with van der Waals surface area (Å²) in [5.41, 5.74) is 3.90. The van der Waals surface area contributed by atoms with Crippen LogP contribution in [0.2, 0.25) is 0 Å². The average molecular weight is 159 g/mol. The average Bonchev–Trinajstić information content (AvgIpc) is 2.71. The maximum atomic E-state index is 4.36. The van der Waals surface area contributed by atoms with Gasteiger partial charge in [0.05, 0.1) is 11.7 Å². The third-order valence-corrected chi connectivity index (χ3v) is 2.49. The number of aromatic nitrogens is 3. The summed E-state index contributed by atoms with van der Waals surface area (Å²) in [6.07, 6.45) is 7.18. The first kappa shape index (κ1) is 6.17. The Morgan fingerprint density at radius 1 is 1.33 bits per heavy atom. The molecule has 0 saturated heterocycles. The van der Waals surface area contributed by atoms with Gasteiger partial charge in [-0.1, -0.05) is 0 Å². The van der Waals surface area contributed by atoms with Crippen LogP contribution in [0.15, 0.2) is 18.6 Å². The molecule has 0 bridgehead atoms. The number of nitrogens with zero attached hydrogens (tertiary/aromatic N) is 3. The van der Waals surface area contributed by atoms with Crippen LogP contribution in [0.1, 0.15) is 17.7 Å². The van der Waals surface area contributed by atoms with Gasteiger partial charge in [0.1, 0.15) is 6.33 Å². The summed E-state index contributed by atoms with van der Waals surface area (Å²) < 4.78 is 1.85. The van der Waals surface area contributed by atoms with Gasteiger partial charge < -0.3 is 0 Å². The summed E-state index contributed by atoms with van der Waals surface area (Å²) in [7, 11) is 0. The van der Waals surface area contributed by atoms with Gasteiger partial charge in [-0.2, -0.15) is 5.10 Å². The number of fused-ring (bicyclic) bond motifs is 3. The minimum atomic E-state index is 1.14. The summed E-state index contributed by atoms with van der Waals surface area (Å²) in [6.45, 7) is 0. The predicted molar refractivity (Wildman–Crippen MR) is 45.0 cm³/mol. The second-order valence-electron chi connectivity index (χ2n) is 3.18. The van der Waals surface area contributed by atoms with Gasteiger partial charge >= 0.3 is 0 Å². The van der Waals surface area contributed by atoms with Gasteiger partial charge in [0.2, 0.25) is 0 Å². The first-order valence-corrected chi connectivity index (χ1v) is 4.25. The van der Waals surface area contributed by atoms with Crippen LogP contribution in [0, 0.1) is 0 Å². The zero-order chi connectivity index (χ0) is 7.97. The molecule has 0 aliphatic heterocycles. The fourth-order valence-corrected chi connectivity index (χ4v) is 1.92. The molecule has 3 nitrogen and oxygen atoms in total. The summed E-state index contributed by atoms with van der Waals surface area (Å²) in [4.78, 5) is 4.36. The maximum absolute atomic E-state index is 4.36. The number of aryl methyl sites for hydroxylation is 2. The smallest absolute Gasteiger partial charge is 0.117 e. The van der Waals surface area contributed by atoms with Crippen molar-refractivity contribution in [3.8, 4) is 0 Å². The molecule has 2 aromatic heterocycles. The van der Waals surface area contributed by atoms with Crippen LogP contribution in [0.3, 0.4) is 0 Å². The van der Waals surface area contributed by atoms with Gasteiger partial charge in [-0.15, -0.1) is 0 Å². The van der Waals surface area contributed by atoms with Gasteiger partial charge in [-0.05, 0) is 30.9 Å². The molecule has 1 aliphatic rings.